The van der Waals surface area contributed by atoms with Crippen LogP contribution in [0.25, 0.3) is 11.3 Å². The van der Waals surface area contributed by atoms with Crippen molar-refractivity contribution in [2.24, 2.45) is 13.0 Å². The topological polar surface area (TPSA) is 103 Å². The van der Waals surface area contributed by atoms with Gasteiger partial charge in [-0.05, 0) is 50.8 Å². The van der Waals surface area contributed by atoms with Crippen molar-refractivity contribution in [3.63, 3.8) is 0 Å². The Morgan fingerprint density at radius 1 is 1.18 bits per heavy atom. The zero-order chi connectivity index (χ0) is 23.2. The van der Waals surface area contributed by atoms with Crippen LogP contribution in [-0.2, 0) is 13.6 Å². The van der Waals surface area contributed by atoms with Gasteiger partial charge in [-0.15, -0.1) is 5.10 Å². The number of aromatic nitrogens is 6. The summed E-state index contributed by atoms with van der Waals surface area (Å²) < 4.78 is 3.50. The molecule has 1 saturated carbocycles. The van der Waals surface area contributed by atoms with Crippen LogP contribution in [0.4, 0.5) is 5.82 Å². The van der Waals surface area contributed by atoms with Crippen molar-refractivity contribution in [2.75, 3.05) is 11.9 Å². The molecule has 176 valence electrons. The number of carbonyl (C=O) groups is 1. The number of pyridine rings is 1. The average molecular weight is 451 g/mol. The molecule has 0 aromatic carbocycles. The van der Waals surface area contributed by atoms with Crippen molar-refractivity contribution >= 4 is 11.7 Å². The molecule has 0 radical (unpaired) electrons. The lowest BCUT2D eigenvalue weighted by Gasteiger charge is -2.28. The highest BCUT2D eigenvalue weighted by atomic mass is 16.2. The van der Waals surface area contributed by atoms with Crippen molar-refractivity contribution < 1.29 is 4.79 Å². The molecule has 0 aliphatic heterocycles. The van der Waals surface area contributed by atoms with Gasteiger partial charge < -0.3 is 10.6 Å². The smallest absolute Gasteiger partial charge is 0.269 e. The van der Waals surface area contributed by atoms with Crippen LogP contribution >= 0.6 is 0 Å². The summed E-state index contributed by atoms with van der Waals surface area (Å²) in [4.78, 5) is 17.6. The van der Waals surface area contributed by atoms with Gasteiger partial charge in [-0.25, -0.2) is 9.67 Å². The third-order valence-electron chi connectivity index (χ3n) is 6.57. The Hall–Kier alpha value is -3.23. The van der Waals surface area contributed by atoms with Gasteiger partial charge >= 0.3 is 0 Å². The highest BCUT2D eigenvalue weighted by Gasteiger charge is 2.26. The second kappa shape index (κ2) is 10.6. The number of aryl methyl sites for hydroxylation is 3. The third-order valence-corrected chi connectivity index (χ3v) is 6.57. The Kier molecular flexibility index (Phi) is 7.36. The molecule has 1 aliphatic carbocycles. The van der Waals surface area contributed by atoms with E-state index in [0.29, 0.717) is 24.7 Å². The van der Waals surface area contributed by atoms with Gasteiger partial charge in [-0.2, -0.15) is 5.10 Å². The Bertz CT molecular complexity index is 1030. The molecule has 3 aromatic heterocycles. The maximum Gasteiger partial charge on any atom is 0.269 e. The number of hydrogen-bond donors (Lipinski definition) is 2. The van der Waals surface area contributed by atoms with E-state index in [-0.39, 0.29) is 11.9 Å². The molecule has 0 spiro atoms. The van der Waals surface area contributed by atoms with Gasteiger partial charge in [0.05, 0.1) is 11.4 Å². The highest BCUT2D eigenvalue weighted by molar-refractivity contribution is 5.92. The fourth-order valence-corrected chi connectivity index (χ4v) is 4.78. The predicted molar refractivity (Wildman–Crippen MR) is 128 cm³/mol. The van der Waals surface area contributed by atoms with Crippen LogP contribution in [0, 0.1) is 12.8 Å². The molecule has 2 N–H and O–H groups in total. The van der Waals surface area contributed by atoms with Crippen molar-refractivity contribution in [2.45, 2.75) is 65.0 Å². The summed E-state index contributed by atoms with van der Waals surface area (Å²) in [5, 5.41) is 19.2. The largest absolute Gasteiger partial charge is 0.368 e. The Morgan fingerprint density at radius 2 is 1.97 bits per heavy atom. The van der Waals surface area contributed by atoms with Gasteiger partial charge in [0.1, 0.15) is 11.5 Å². The van der Waals surface area contributed by atoms with Crippen LogP contribution in [0.1, 0.15) is 61.6 Å². The molecule has 9 heteroatoms. The number of rotatable bonds is 8. The lowest BCUT2D eigenvalue weighted by molar-refractivity contribution is 0.0911. The van der Waals surface area contributed by atoms with E-state index in [9.17, 15) is 4.79 Å². The van der Waals surface area contributed by atoms with Crippen molar-refractivity contribution in [1.82, 2.24) is 35.1 Å². The zero-order valence-corrected chi connectivity index (χ0v) is 19.8. The normalized spacial score (nSPS) is 15.7. The number of nitrogens with zero attached hydrogens (tertiary/aromatic N) is 6. The lowest BCUT2D eigenvalue weighted by Crippen LogP contribution is -2.45. The Balaban J connectivity index is 1.46. The van der Waals surface area contributed by atoms with Gasteiger partial charge in [0.2, 0.25) is 0 Å². The standard InChI is InChI=1S/C24H34N8O/c1-4-32-21(13-14-27-32)24(33)28-20(18-9-7-5-6-8-10-18)16-26-22-12-11-19(15-25-22)23-17(2)29-30-31(23)3/h11-15,18,20H,4-10,16H2,1-3H3,(H,25,26)(H,28,33). The maximum absolute atomic E-state index is 13.0. The molecule has 9 nitrogen and oxygen atoms in total. The molecule has 4 rings (SSSR count). The van der Waals surface area contributed by atoms with E-state index >= 15 is 0 Å². The monoisotopic (exact) mass is 450 g/mol. The minimum Gasteiger partial charge on any atom is -0.368 e. The Morgan fingerprint density at radius 3 is 2.61 bits per heavy atom. The van der Waals surface area contributed by atoms with Crippen LogP contribution in [0.15, 0.2) is 30.6 Å². The van der Waals surface area contributed by atoms with Crippen LogP contribution < -0.4 is 10.6 Å². The molecule has 0 saturated heterocycles. The second-order valence-electron chi connectivity index (χ2n) is 8.82. The van der Waals surface area contributed by atoms with Crippen LogP contribution in [0.5, 0.6) is 0 Å². The summed E-state index contributed by atoms with van der Waals surface area (Å²) in [6.07, 6.45) is 10.8. The fourth-order valence-electron chi connectivity index (χ4n) is 4.78. The molecule has 33 heavy (non-hydrogen) atoms. The maximum atomic E-state index is 13.0. The molecule has 1 aliphatic rings. The number of nitrogens with one attached hydrogen (secondary N) is 2. The van der Waals surface area contributed by atoms with E-state index in [1.54, 1.807) is 21.6 Å². The van der Waals surface area contributed by atoms with Gasteiger partial charge in [0.25, 0.3) is 5.91 Å². The van der Waals surface area contributed by atoms with Crippen LogP contribution in [-0.4, -0.2) is 48.3 Å². The summed E-state index contributed by atoms with van der Waals surface area (Å²) in [5.74, 6) is 1.18. The number of hydrogen-bond acceptors (Lipinski definition) is 6. The molecular formula is C24H34N8O. The third kappa shape index (κ3) is 5.40. The van der Waals surface area contributed by atoms with E-state index in [1.807, 2.05) is 39.2 Å². The van der Waals surface area contributed by atoms with Gasteiger partial charge in [0.15, 0.2) is 0 Å². The molecule has 1 unspecified atom stereocenters. The Labute approximate surface area is 195 Å². The summed E-state index contributed by atoms with van der Waals surface area (Å²) in [6.45, 7) is 5.24. The number of carbonyl (C=O) groups excluding carboxylic acids is 1. The SMILES string of the molecule is CCn1nccc1C(=O)NC(CNc1ccc(-c2c(C)nnn2C)cn1)C1CCCCCC1. The molecule has 0 bridgehead atoms. The van der Waals surface area contributed by atoms with E-state index in [2.05, 4.69) is 31.0 Å². The molecule has 1 fully saturated rings. The minimum absolute atomic E-state index is 0.0285. The van der Waals surface area contributed by atoms with Crippen molar-refractivity contribution in [3.8, 4) is 11.3 Å². The first-order valence-electron chi connectivity index (χ1n) is 12.0. The molecule has 1 amide bonds. The average Bonchev–Trinajstić information content (AvgIpc) is 3.33. The van der Waals surface area contributed by atoms with E-state index < -0.39 is 0 Å². The summed E-state index contributed by atoms with van der Waals surface area (Å²) >= 11 is 0. The summed E-state index contributed by atoms with van der Waals surface area (Å²) in [6, 6.07) is 5.81. The molecular weight excluding hydrogens is 416 g/mol. The molecule has 1 atom stereocenters. The van der Waals surface area contributed by atoms with Gasteiger partial charge in [-0.3, -0.25) is 9.48 Å². The number of anilines is 1. The fraction of sp³-hybridized carbons (Fsp3) is 0.542. The summed E-state index contributed by atoms with van der Waals surface area (Å²) in [5.41, 5.74) is 3.43. The second-order valence-corrected chi connectivity index (χ2v) is 8.82. The predicted octanol–water partition coefficient (Wildman–Crippen LogP) is 3.58. The van der Waals surface area contributed by atoms with Gasteiger partial charge in [-0.1, -0.05) is 30.9 Å². The first-order valence-corrected chi connectivity index (χ1v) is 12.0. The lowest BCUT2D eigenvalue weighted by atomic mass is 9.91. The van der Waals surface area contributed by atoms with E-state index in [1.165, 1.54) is 25.7 Å². The molecule has 3 heterocycles. The molecule has 3 aromatic rings. The van der Waals surface area contributed by atoms with Gasteiger partial charge in [0, 0.05) is 44.1 Å². The number of amides is 1. The first kappa shape index (κ1) is 22.9. The zero-order valence-electron chi connectivity index (χ0n) is 19.8. The van der Waals surface area contributed by atoms with Crippen LogP contribution in [0.2, 0.25) is 0 Å². The first-order chi connectivity index (χ1) is 16.1. The highest BCUT2D eigenvalue weighted by Crippen LogP contribution is 2.26. The minimum atomic E-state index is -0.0621. The quantitative estimate of drug-likeness (QED) is 0.509. The van der Waals surface area contributed by atoms with E-state index in [4.69, 9.17) is 0 Å². The van der Waals surface area contributed by atoms with Crippen LogP contribution in [0.3, 0.4) is 0 Å². The summed E-state index contributed by atoms with van der Waals surface area (Å²) in [7, 11) is 1.88. The van der Waals surface area contributed by atoms with Crippen molar-refractivity contribution in [3.05, 3.63) is 42.0 Å². The van der Waals surface area contributed by atoms with Crippen molar-refractivity contribution in [1.29, 1.82) is 0 Å². The van der Waals surface area contributed by atoms with E-state index in [0.717, 1.165) is 35.6 Å².